The van der Waals surface area contributed by atoms with Crippen molar-refractivity contribution < 1.29 is 19.1 Å². The summed E-state index contributed by atoms with van der Waals surface area (Å²) in [5.74, 6) is -0.610. The molecule has 1 aromatic heterocycles. The van der Waals surface area contributed by atoms with E-state index in [1.807, 2.05) is 0 Å². The number of esters is 1. The molecule has 0 aliphatic rings. The SMILES string of the molecule is C=Cc1ccn(C(=O)OC(C)(C)C)c1C(=O)OC. The molecule has 0 saturated carbocycles. The Hall–Kier alpha value is -2.04. The van der Waals surface area contributed by atoms with Gasteiger partial charge in [-0.15, -0.1) is 0 Å². The Morgan fingerprint density at radius 3 is 2.44 bits per heavy atom. The fourth-order valence-electron chi connectivity index (χ4n) is 1.39. The number of rotatable bonds is 2. The number of hydrogen-bond acceptors (Lipinski definition) is 4. The van der Waals surface area contributed by atoms with Gasteiger partial charge in [-0.3, -0.25) is 0 Å². The van der Waals surface area contributed by atoms with Gasteiger partial charge in [0.1, 0.15) is 11.3 Å². The molecule has 5 heteroatoms. The summed E-state index contributed by atoms with van der Waals surface area (Å²) in [6.07, 6.45) is 2.31. The smallest absolute Gasteiger partial charge is 0.419 e. The maximum atomic E-state index is 11.9. The lowest BCUT2D eigenvalue weighted by Gasteiger charge is -2.20. The van der Waals surface area contributed by atoms with Crippen LogP contribution in [0.2, 0.25) is 0 Å². The number of aromatic nitrogens is 1. The lowest BCUT2D eigenvalue weighted by molar-refractivity contribution is 0.0483. The van der Waals surface area contributed by atoms with E-state index in [-0.39, 0.29) is 5.69 Å². The predicted octanol–water partition coefficient (Wildman–Crippen LogP) is 2.70. The molecular formula is C13H17NO4. The summed E-state index contributed by atoms with van der Waals surface area (Å²) in [4.78, 5) is 23.6. The van der Waals surface area contributed by atoms with Crippen LogP contribution < -0.4 is 0 Å². The van der Waals surface area contributed by atoms with Gasteiger partial charge in [0.25, 0.3) is 0 Å². The van der Waals surface area contributed by atoms with Gasteiger partial charge in [0, 0.05) is 11.8 Å². The topological polar surface area (TPSA) is 57.5 Å². The normalized spacial score (nSPS) is 10.9. The number of ether oxygens (including phenoxy) is 2. The Morgan fingerprint density at radius 1 is 1.39 bits per heavy atom. The fraction of sp³-hybridized carbons (Fsp3) is 0.385. The molecule has 0 aliphatic heterocycles. The van der Waals surface area contributed by atoms with E-state index in [9.17, 15) is 9.59 Å². The maximum Gasteiger partial charge on any atom is 0.419 e. The van der Waals surface area contributed by atoms with Gasteiger partial charge in [0.15, 0.2) is 0 Å². The standard InChI is InChI=1S/C13H17NO4/c1-6-9-7-8-14(10(9)11(15)17-5)12(16)18-13(2,3)4/h6-8H,1H2,2-5H3. The summed E-state index contributed by atoms with van der Waals surface area (Å²) in [7, 11) is 1.25. The Morgan fingerprint density at radius 2 is 2.00 bits per heavy atom. The molecule has 0 fully saturated rings. The van der Waals surface area contributed by atoms with E-state index in [1.54, 1.807) is 26.8 Å². The molecule has 0 amide bonds. The second kappa shape index (κ2) is 5.08. The molecule has 1 heterocycles. The zero-order valence-electron chi connectivity index (χ0n) is 11.0. The second-order valence-electron chi connectivity index (χ2n) is 4.67. The van der Waals surface area contributed by atoms with E-state index in [2.05, 4.69) is 11.3 Å². The predicted molar refractivity (Wildman–Crippen MR) is 67.5 cm³/mol. The third-order valence-electron chi connectivity index (χ3n) is 2.11. The van der Waals surface area contributed by atoms with Gasteiger partial charge in [-0.2, -0.15) is 0 Å². The van der Waals surface area contributed by atoms with Gasteiger partial charge in [-0.25, -0.2) is 14.2 Å². The molecule has 1 aromatic rings. The minimum atomic E-state index is -0.636. The van der Waals surface area contributed by atoms with Crippen LogP contribution in [0.25, 0.3) is 6.08 Å². The van der Waals surface area contributed by atoms with E-state index in [0.717, 1.165) is 4.57 Å². The monoisotopic (exact) mass is 251 g/mol. The molecule has 0 unspecified atom stereocenters. The van der Waals surface area contributed by atoms with Crippen LogP contribution >= 0.6 is 0 Å². The number of nitrogens with zero attached hydrogens (tertiary/aromatic N) is 1. The van der Waals surface area contributed by atoms with E-state index in [1.165, 1.54) is 19.4 Å². The molecule has 98 valence electrons. The van der Waals surface area contributed by atoms with E-state index in [0.29, 0.717) is 5.56 Å². The first-order chi connectivity index (χ1) is 8.30. The Bertz CT molecular complexity index is 480. The van der Waals surface area contributed by atoms with Gasteiger partial charge >= 0.3 is 12.1 Å². The largest absolute Gasteiger partial charge is 0.464 e. The highest BCUT2D eigenvalue weighted by atomic mass is 16.6. The van der Waals surface area contributed by atoms with Crippen LogP contribution in [-0.4, -0.2) is 29.3 Å². The van der Waals surface area contributed by atoms with Crippen molar-refractivity contribution in [3.63, 3.8) is 0 Å². The van der Waals surface area contributed by atoms with Crippen LogP contribution in [0.4, 0.5) is 4.79 Å². The second-order valence-corrected chi connectivity index (χ2v) is 4.67. The number of hydrogen-bond donors (Lipinski definition) is 0. The first kappa shape index (κ1) is 14.0. The molecule has 0 radical (unpaired) electrons. The summed E-state index contributed by atoms with van der Waals surface area (Å²) in [6, 6.07) is 1.60. The van der Waals surface area contributed by atoms with Crippen LogP contribution in [0, 0.1) is 0 Å². The van der Waals surface area contributed by atoms with Crippen molar-refractivity contribution >= 4 is 18.1 Å². The Kier molecular flexibility index (Phi) is 3.96. The molecule has 0 aliphatic carbocycles. The van der Waals surface area contributed by atoms with Crippen molar-refractivity contribution in [2.24, 2.45) is 0 Å². The molecule has 1 rings (SSSR count). The maximum absolute atomic E-state index is 11.9. The van der Waals surface area contributed by atoms with Crippen molar-refractivity contribution in [2.45, 2.75) is 26.4 Å². The molecule has 0 N–H and O–H groups in total. The van der Waals surface area contributed by atoms with Crippen LogP contribution in [-0.2, 0) is 9.47 Å². The van der Waals surface area contributed by atoms with Crippen molar-refractivity contribution in [1.29, 1.82) is 0 Å². The quantitative estimate of drug-likeness (QED) is 0.758. The van der Waals surface area contributed by atoms with Gasteiger partial charge in [0.05, 0.1) is 7.11 Å². The van der Waals surface area contributed by atoms with Crippen LogP contribution in [0.5, 0.6) is 0 Å². The summed E-state index contributed by atoms with van der Waals surface area (Å²) in [6.45, 7) is 8.83. The van der Waals surface area contributed by atoms with Crippen LogP contribution in [0.1, 0.15) is 36.8 Å². The summed E-state index contributed by atoms with van der Waals surface area (Å²) >= 11 is 0. The first-order valence-corrected chi connectivity index (χ1v) is 5.45. The van der Waals surface area contributed by atoms with Gasteiger partial charge in [-0.05, 0) is 26.8 Å². The van der Waals surface area contributed by atoms with Crippen molar-refractivity contribution in [1.82, 2.24) is 4.57 Å². The third kappa shape index (κ3) is 3.00. The highest BCUT2D eigenvalue weighted by Gasteiger charge is 2.24. The lowest BCUT2D eigenvalue weighted by atomic mass is 10.2. The van der Waals surface area contributed by atoms with Crippen molar-refractivity contribution in [3.05, 3.63) is 30.1 Å². The van der Waals surface area contributed by atoms with Crippen molar-refractivity contribution in [2.75, 3.05) is 7.11 Å². The molecule has 18 heavy (non-hydrogen) atoms. The number of carbonyl (C=O) groups is 2. The molecular weight excluding hydrogens is 234 g/mol. The van der Waals surface area contributed by atoms with Gasteiger partial charge in [-0.1, -0.05) is 12.7 Å². The number of methoxy groups -OCH3 is 1. The molecule has 0 aromatic carbocycles. The summed E-state index contributed by atoms with van der Waals surface area (Å²) < 4.78 is 11.0. The highest BCUT2D eigenvalue weighted by Crippen LogP contribution is 2.17. The third-order valence-corrected chi connectivity index (χ3v) is 2.11. The summed E-state index contributed by atoms with van der Waals surface area (Å²) in [5.41, 5.74) is -0.00207. The Balaban J connectivity index is 3.17. The average Bonchev–Trinajstić information content (AvgIpc) is 2.69. The number of carbonyl (C=O) groups excluding carboxylic acids is 2. The fourth-order valence-corrected chi connectivity index (χ4v) is 1.39. The van der Waals surface area contributed by atoms with E-state index in [4.69, 9.17) is 4.74 Å². The molecule has 0 saturated heterocycles. The van der Waals surface area contributed by atoms with Crippen LogP contribution in [0.3, 0.4) is 0 Å². The molecule has 5 nitrogen and oxygen atoms in total. The highest BCUT2D eigenvalue weighted by molar-refractivity contribution is 5.95. The lowest BCUT2D eigenvalue weighted by Crippen LogP contribution is -2.28. The minimum Gasteiger partial charge on any atom is -0.464 e. The zero-order chi connectivity index (χ0) is 13.9. The van der Waals surface area contributed by atoms with Crippen molar-refractivity contribution in [3.8, 4) is 0 Å². The van der Waals surface area contributed by atoms with Crippen LogP contribution in [0.15, 0.2) is 18.8 Å². The summed E-state index contributed by atoms with van der Waals surface area (Å²) in [5, 5.41) is 0. The van der Waals surface area contributed by atoms with Gasteiger partial charge in [0.2, 0.25) is 0 Å². The first-order valence-electron chi connectivity index (χ1n) is 5.45. The van der Waals surface area contributed by atoms with Gasteiger partial charge < -0.3 is 9.47 Å². The van der Waals surface area contributed by atoms with E-state index < -0.39 is 17.7 Å². The Labute approximate surface area is 106 Å². The molecule has 0 spiro atoms. The zero-order valence-corrected chi connectivity index (χ0v) is 11.0. The molecule has 0 bridgehead atoms. The average molecular weight is 251 g/mol. The molecule has 0 atom stereocenters. The van der Waals surface area contributed by atoms with E-state index >= 15 is 0 Å². The minimum absolute atomic E-state index is 0.113.